The monoisotopic (exact) mass is 320 g/mol. The molecule has 1 aromatic carbocycles. The fourth-order valence-corrected chi connectivity index (χ4v) is 4.57. The number of hydrogen-bond donors (Lipinski definition) is 2. The van der Waals surface area contributed by atoms with E-state index in [0.29, 0.717) is 10.9 Å². The minimum Gasteiger partial charge on any atom is -0.398 e. The summed E-state index contributed by atoms with van der Waals surface area (Å²) in [6.07, 6.45) is 4.87. The zero-order valence-corrected chi connectivity index (χ0v) is 13.0. The maximum Gasteiger partial charge on any atom is 0.240 e. The number of nitrogens with one attached hydrogen (secondary N) is 1. The highest BCUT2D eigenvalue weighted by atomic mass is 35.5. The molecule has 0 aromatic heterocycles. The molecule has 3 N–H and O–H groups in total. The Morgan fingerprint density at radius 1 is 1.42 bits per heavy atom. The van der Waals surface area contributed by atoms with Gasteiger partial charge in [-0.3, -0.25) is 0 Å². The first-order valence-corrected chi connectivity index (χ1v) is 9.17. The molecule has 0 spiro atoms. The number of halogens is 1. The van der Waals surface area contributed by atoms with Crippen molar-refractivity contribution < 1.29 is 8.42 Å². The first-order chi connectivity index (χ1) is 8.92. The van der Waals surface area contributed by atoms with Crippen LogP contribution in [0.15, 0.2) is 23.1 Å². The Bertz CT molecular complexity index is 563. The molecule has 2 unspecified atom stereocenters. The molecular weight excluding hydrogens is 304 g/mol. The number of benzene rings is 1. The molecule has 1 aromatic rings. The van der Waals surface area contributed by atoms with E-state index in [1.54, 1.807) is 11.8 Å². The second-order valence-corrected chi connectivity index (χ2v) is 7.93. The van der Waals surface area contributed by atoms with Crippen LogP contribution in [0.5, 0.6) is 0 Å². The van der Waals surface area contributed by atoms with E-state index < -0.39 is 10.0 Å². The van der Waals surface area contributed by atoms with Crippen LogP contribution in [0.4, 0.5) is 5.69 Å². The van der Waals surface area contributed by atoms with Crippen LogP contribution in [0, 0.1) is 0 Å². The van der Waals surface area contributed by atoms with Gasteiger partial charge in [0.1, 0.15) is 0 Å². The fourth-order valence-electron chi connectivity index (χ4n) is 2.22. The van der Waals surface area contributed by atoms with Crippen molar-refractivity contribution in [1.29, 1.82) is 0 Å². The Labute approximate surface area is 123 Å². The van der Waals surface area contributed by atoms with Crippen molar-refractivity contribution in [3.8, 4) is 0 Å². The first-order valence-electron chi connectivity index (χ1n) is 6.02. The molecule has 7 heteroatoms. The van der Waals surface area contributed by atoms with Crippen molar-refractivity contribution in [2.24, 2.45) is 0 Å². The Kier molecular flexibility index (Phi) is 4.66. The van der Waals surface area contributed by atoms with Crippen molar-refractivity contribution in [2.75, 3.05) is 12.0 Å². The molecule has 4 nitrogen and oxygen atoms in total. The number of thioether (sulfide) groups is 1. The smallest absolute Gasteiger partial charge is 0.240 e. The van der Waals surface area contributed by atoms with Gasteiger partial charge in [0.25, 0.3) is 0 Å². The molecule has 0 aliphatic heterocycles. The lowest BCUT2D eigenvalue weighted by Crippen LogP contribution is -2.33. The molecule has 0 amide bonds. The Morgan fingerprint density at radius 2 is 2.16 bits per heavy atom. The highest BCUT2D eigenvalue weighted by Gasteiger charge is 2.28. The molecule has 1 fully saturated rings. The van der Waals surface area contributed by atoms with Crippen LogP contribution in [0.1, 0.15) is 19.3 Å². The van der Waals surface area contributed by atoms with E-state index in [0.717, 1.165) is 19.3 Å². The number of sulfonamides is 1. The normalized spacial score (nSPS) is 23.7. The van der Waals surface area contributed by atoms with E-state index in [9.17, 15) is 8.42 Å². The van der Waals surface area contributed by atoms with Crippen LogP contribution in [0.25, 0.3) is 0 Å². The van der Waals surface area contributed by atoms with Gasteiger partial charge in [-0.15, -0.1) is 0 Å². The van der Waals surface area contributed by atoms with Crippen LogP contribution in [-0.2, 0) is 10.0 Å². The zero-order chi connectivity index (χ0) is 14.0. The SMILES string of the molecule is CSC1CCC(NS(=O)(=O)c2ccc(N)c(Cl)c2)C1. The van der Waals surface area contributed by atoms with Crippen LogP contribution >= 0.6 is 23.4 Å². The summed E-state index contributed by atoms with van der Waals surface area (Å²) in [6.45, 7) is 0. The lowest BCUT2D eigenvalue weighted by atomic mass is 10.3. The molecule has 1 saturated carbocycles. The summed E-state index contributed by atoms with van der Waals surface area (Å²) in [5, 5.41) is 0.805. The maximum atomic E-state index is 12.2. The van der Waals surface area contributed by atoms with Crippen molar-refractivity contribution in [1.82, 2.24) is 4.72 Å². The molecule has 0 bridgehead atoms. The van der Waals surface area contributed by atoms with Crippen molar-refractivity contribution >= 4 is 39.1 Å². The van der Waals surface area contributed by atoms with Crippen molar-refractivity contribution in [3.63, 3.8) is 0 Å². The molecule has 106 valence electrons. The molecule has 19 heavy (non-hydrogen) atoms. The topological polar surface area (TPSA) is 72.2 Å². The minimum absolute atomic E-state index is 0.0128. The number of rotatable bonds is 4. The summed E-state index contributed by atoms with van der Waals surface area (Å²) in [4.78, 5) is 0.166. The van der Waals surface area contributed by atoms with E-state index in [1.807, 2.05) is 0 Å². The van der Waals surface area contributed by atoms with Crippen LogP contribution < -0.4 is 10.5 Å². The van der Waals surface area contributed by atoms with Crippen LogP contribution in [0.3, 0.4) is 0 Å². The minimum atomic E-state index is -3.51. The first kappa shape index (κ1) is 15.0. The predicted octanol–water partition coefficient (Wildman–Crippen LogP) is 2.48. The van der Waals surface area contributed by atoms with Gasteiger partial charge in [-0.1, -0.05) is 11.6 Å². The molecule has 0 radical (unpaired) electrons. The number of nitrogens with two attached hydrogens (primary N) is 1. The van der Waals surface area contributed by atoms with Crippen molar-refractivity contribution in [3.05, 3.63) is 23.2 Å². The van der Waals surface area contributed by atoms with Crippen molar-refractivity contribution in [2.45, 2.75) is 35.4 Å². The number of hydrogen-bond acceptors (Lipinski definition) is 4. The average Bonchev–Trinajstić information content (AvgIpc) is 2.79. The molecule has 2 atom stereocenters. The number of anilines is 1. The van der Waals surface area contributed by atoms with Gasteiger partial charge in [-0.25, -0.2) is 13.1 Å². The highest BCUT2D eigenvalue weighted by molar-refractivity contribution is 7.99. The third kappa shape index (κ3) is 3.56. The third-order valence-electron chi connectivity index (χ3n) is 3.32. The summed E-state index contributed by atoms with van der Waals surface area (Å²) < 4.78 is 27.2. The zero-order valence-electron chi connectivity index (χ0n) is 10.6. The van der Waals surface area contributed by atoms with Gasteiger partial charge in [0, 0.05) is 11.3 Å². The third-order valence-corrected chi connectivity index (χ3v) is 6.26. The van der Waals surface area contributed by atoms with E-state index in [-0.39, 0.29) is 16.0 Å². The highest BCUT2D eigenvalue weighted by Crippen LogP contribution is 2.29. The average molecular weight is 321 g/mol. The van der Waals surface area contributed by atoms with E-state index in [2.05, 4.69) is 11.0 Å². The Balaban J connectivity index is 2.12. The van der Waals surface area contributed by atoms with Gasteiger partial charge in [0.05, 0.1) is 15.6 Å². The molecule has 1 aliphatic rings. The van der Waals surface area contributed by atoms with E-state index >= 15 is 0 Å². The van der Waals surface area contributed by atoms with E-state index in [1.165, 1.54) is 18.2 Å². The Morgan fingerprint density at radius 3 is 2.74 bits per heavy atom. The van der Waals surface area contributed by atoms with E-state index in [4.69, 9.17) is 17.3 Å². The van der Waals surface area contributed by atoms with Crippen LogP contribution in [0.2, 0.25) is 5.02 Å². The number of nitrogen functional groups attached to an aromatic ring is 1. The lowest BCUT2D eigenvalue weighted by Gasteiger charge is -2.13. The second-order valence-electron chi connectivity index (χ2n) is 4.67. The van der Waals surface area contributed by atoms with Crippen LogP contribution in [-0.4, -0.2) is 26.0 Å². The Hall–Kier alpha value is -0.430. The molecular formula is C12H17ClN2O2S2. The van der Waals surface area contributed by atoms with Gasteiger partial charge in [0.15, 0.2) is 0 Å². The fraction of sp³-hybridized carbons (Fsp3) is 0.500. The molecule has 1 aliphatic carbocycles. The quantitative estimate of drug-likeness (QED) is 0.836. The molecule has 2 rings (SSSR count). The maximum absolute atomic E-state index is 12.2. The summed E-state index contributed by atoms with van der Waals surface area (Å²) in [6, 6.07) is 4.39. The van der Waals surface area contributed by atoms with Gasteiger partial charge < -0.3 is 5.73 Å². The van der Waals surface area contributed by atoms with Gasteiger partial charge >= 0.3 is 0 Å². The van der Waals surface area contributed by atoms with Gasteiger partial charge in [-0.05, 0) is 43.7 Å². The summed E-state index contributed by atoms with van der Waals surface area (Å²) >= 11 is 7.65. The standard InChI is InChI=1S/C12H17ClN2O2S2/c1-18-9-3-2-8(6-9)15-19(16,17)10-4-5-12(14)11(13)7-10/h4-5,7-9,15H,2-3,6,14H2,1H3. The largest absolute Gasteiger partial charge is 0.398 e. The summed E-state index contributed by atoms with van der Waals surface area (Å²) in [5.74, 6) is 0. The summed E-state index contributed by atoms with van der Waals surface area (Å²) in [7, 11) is -3.51. The van der Waals surface area contributed by atoms with Gasteiger partial charge in [0.2, 0.25) is 10.0 Å². The molecule has 0 heterocycles. The lowest BCUT2D eigenvalue weighted by molar-refractivity contribution is 0.552. The second kappa shape index (κ2) is 5.91. The summed E-state index contributed by atoms with van der Waals surface area (Å²) in [5.41, 5.74) is 5.96. The predicted molar refractivity (Wildman–Crippen MR) is 81.1 cm³/mol. The van der Waals surface area contributed by atoms with Gasteiger partial charge in [-0.2, -0.15) is 11.8 Å². The molecule has 0 saturated heterocycles.